The van der Waals surface area contributed by atoms with Crippen LogP contribution in [0.5, 0.6) is 0 Å². The second-order valence-electron chi connectivity index (χ2n) is 4.44. The molecule has 0 amide bonds. The van der Waals surface area contributed by atoms with Gasteiger partial charge in [-0.3, -0.25) is 4.79 Å². The van der Waals surface area contributed by atoms with Crippen LogP contribution in [0.15, 0.2) is 12.1 Å². The van der Waals surface area contributed by atoms with Gasteiger partial charge in [-0.25, -0.2) is 0 Å². The number of Topliss-reactive ketones (excluding diaryl/α,β-unsaturated/α-hetero) is 1. The zero-order valence-electron chi connectivity index (χ0n) is 9.86. The lowest BCUT2D eigenvalue weighted by Crippen LogP contribution is -2.16. The SMILES string of the molecule is CCc1ccc(CC(=O)C2COC(C)C2)s1. The molecule has 0 saturated carbocycles. The van der Waals surface area contributed by atoms with Crippen LogP contribution in [0.1, 0.15) is 30.0 Å². The molecule has 1 saturated heterocycles. The fourth-order valence-electron chi connectivity index (χ4n) is 2.06. The summed E-state index contributed by atoms with van der Waals surface area (Å²) < 4.78 is 5.43. The lowest BCUT2D eigenvalue weighted by Gasteiger charge is -2.04. The van der Waals surface area contributed by atoms with E-state index in [4.69, 9.17) is 4.74 Å². The maximum Gasteiger partial charge on any atom is 0.143 e. The second kappa shape index (κ2) is 5.11. The third-order valence-electron chi connectivity index (χ3n) is 3.07. The first-order valence-electron chi connectivity index (χ1n) is 5.91. The average molecular weight is 238 g/mol. The molecule has 0 N–H and O–H groups in total. The molecule has 2 atom stereocenters. The normalized spacial score (nSPS) is 24.9. The fourth-order valence-corrected chi connectivity index (χ4v) is 3.03. The van der Waals surface area contributed by atoms with Gasteiger partial charge in [0.25, 0.3) is 0 Å². The number of thiophene rings is 1. The lowest BCUT2D eigenvalue weighted by atomic mass is 9.98. The van der Waals surface area contributed by atoms with Crippen LogP contribution in [-0.2, 0) is 22.4 Å². The van der Waals surface area contributed by atoms with Crippen molar-refractivity contribution in [3.05, 3.63) is 21.9 Å². The van der Waals surface area contributed by atoms with Crippen LogP contribution in [0.2, 0.25) is 0 Å². The molecule has 1 aromatic rings. The van der Waals surface area contributed by atoms with Gasteiger partial charge in [-0.15, -0.1) is 11.3 Å². The van der Waals surface area contributed by atoms with Gasteiger partial charge in [0.2, 0.25) is 0 Å². The quantitative estimate of drug-likeness (QED) is 0.806. The number of carbonyl (C=O) groups excluding carboxylic acids is 1. The highest BCUT2D eigenvalue weighted by Crippen LogP contribution is 2.24. The molecular weight excluding hydrogens is 220 g/mol. The van der Waals surface area contributed by atoms with Gasteiger partial charge in [-0.2, -0.15) is 0 Å². The number of carbonyl (C=O) groups is 1. The zero-order chi connectivity index (χ0) is 11.5. The summed E-state index contributed by atoms with van der Waals surface area (Å²) in [4.78, 5) is 14.5. The Morgan fingerprint density at radius 3 is 2.81 bits per heavy atom. The molecular formula is C13H18O2S. The lowest BCUT2D eigenvalue weighted by molar-refractivity contribution is -0.122. The molecule has 88 valence electrons. The molecule has 1 aromatic heterocycles. The largest absolute Gasteiger partial charge is 0.378 e. The van der Waals surface area contributed by atoms with Crippen molar-refractivity contribution in [3.8, 4) is 0 Å². The first kappa shape index (κ1) is 11.8. The molecule has 1 aliphatic heterocycles. The number of ether oxygens (including phenoxy) is 1. The van der Waals surface area contributed by atoms with Crippen molar-refractivity contribution >= 4 is 17.1 Å². The van der Waals surface area contributed by atoms with E-state index in [0.29, 0.717) is 18.8 Å². The Kier molecular flexibility index (Phi) is 3.77. The van der Waals surface area contributed by atoms with E-state index in [2.05, 4.69) is 19.1 Å². The van der Waals surface area contributed by atoms with E-state index >= 15 is 0 Å². The van der Waals surface area contributed by atoms with Crippen LogP contribution in [0.4, 0.5) is 0 Å². The van der Waals surface area contributed by atoms with Gasteiger partial charge in [0.15, 0.2) is 0 Å². The summed E-state index contributed by atoms with van der Waals surface area (Å²) >= 11 is 1.76. The molecule has 2 rings (SSSR count). The molecule has 3 heteroatoms. The Labute approximate surface area is 101 Å². The fraction of sp³-hybridized carbons (Fsp3) is 0.615. The minimum absolute atomic E-state index is 0.127. The number of hydrogen-bond acceptors (Lipinski definition) is 3. The maximum absolute atomic E-state index is 12.0. The molecule has 1 aliphatic rings. The van der Waals surface area contributed by atoms with Crippen molar-refractivity contribution < 1.29 is 9.53 Å². The van der Waals surface area contributed by atoms with Gasteiger partial charge in [0.05, 0.1) is 12.7 Å². The second-order valence-corrected chi connectivity index (χ2v) is 5.69. The Morgan fingerprint density at radius 2 is 2.25 bits per heavy atom. The van der Waals surface area contributed by atoms with Gasteiger partial charge in [0.1, 0.15) is 5.78 Å². The molecule has 0 bridgehead atoms. The van der Waals surface area contributed by atoms with E-state index in [9.17, 15) is 4.79 Å². The van der Waals surface area contributed by atoms with E-state index in [0.717, 1.165) is 12.8 Å². The van der Waals surface area contributed by atoms with Gasteiger partial charge in [0, 0.05) is 22.1 Å². The van der Waals surface area contributed by atoms with E-state index in [1.54, 1.807) is 11.3 Å². The average Bonchev–Trinajstić information content (AvgIpc) is 2.87. The molecule has 16 heavy (non-hydrogen) atoms. The number of rotatable bonds is 4. The van der Waals surface area contributed by atoms with Crippen LogP contribution in [0.3, 0.4) is 0 Å². The summed E-state index contributed by atoms with van der Waals surface area (Å²) in [5.41, 5.74) is 0. The first-order chi connectivity index (χ1) is 7.69. The first-order valence-corrected chi connectivity index (χ1v) is 6.72. The van der Waals surface area contributed by atoms with Crippen molar-refractivity contribution in [2.24, 2.45) is 5.92 Å². The summed E-state index contributed by atoms with van der Waals surface area (Å²) in [6.07, 6.45) is 2.79. The van der Waals surface area contributed by atoms with E-state index in [1.165, 1.54) is 9.75 Å². The van der Waals surface area contributed by atoms with Gasteiger partial charge in [-0.1, -0.05) is 6.92 Å². The summed E-state index contributed by atoms with van der Waals surface area (Å²) in [6.45, 7) is 4.80. The minimum Gasteiger partial charge on any atom is -0.378 e. The molecule has 2 nitrogen and oxygen atoms in total. The molecule has 1 fully saturated rings. The molecule has 0 spiro atoms. The predicted molar refractivity (Wildman–Crippen MR) is 65.9 cm³/mol. The molecule has 2 heterocycles. The highest BCUT2D eigenvalue weighted by atomic mass is 32.1. The van der Waals surface area contributed by atoms with Crippen LogP contribution in [0, 0.1) is 5.92 Å². The maximum atomic E-state index is 12.0. The van der Waals surface area contributed by atoms with Crippen LogP contribution >= 0.6 is 11.3 Å². The van der Waals surface area contributed by atoms with Crippen molar-refractivity contribution in [1.29, 1.82) is 0 Å². The number of aryl methyl sites for hydroxylation is 1. The van der Waals surface area contributed by atoms with Gasteiger partial charge in [-0.05, 0) is 31.9 Å². The summed E-state index contributed by atoms with van der Waals surface area (Å²) in [5.74, 6) is 0.469. The Morgan fingerprint density at radius 1 is 1.50 bits per heavy atom. The molecule has 2 unspecified atom stereocenters. The molecule has 0 radical (unpaired) electrons. The Balaban J connectivity index is 1.91. The van der Waals surface area contributed by atoms with Crippen LogP contribution in [-0.4, -0.2) is 18.5 Å². The minimum atomic E-state index is 0.127. The van der Waals surface area contributed by atoms with E-state index in [1.807, 2.05) is 6.92 Å². The van der Waals surface area contributed by atoms with Crippen LogP contribution < -0.4 is 0 Å². The van der Waals surface area contributed by atoms with Crippen molar-refractivity contribution in [3.63, 3.8) is 0 Å². The van der Waals surface area contributed by atoms with Crippen LogP contribution in [0.25, 0.3) is 0 Å². The topological polar surface area (TPSA) is 26.3 Å². The van der Waals surface area contributed by atoms with Crippen molar-refractivity contribution in [2.45, 2.75) is 39.2 Å². The highest BCUT2D eigenvalue weighted by Gasteiger charge is 2.28. The third kappa shape index (κ3) is 2.71. The highest BCUT2D eigenvalue weighted by molar-refractivity contribution is 7.12. The van der Waals surface area contributed by atoms with Crippen molar-refractivity contribution in [2.75, 3.05) is 6.61 Å². The van der Waals surface area contributed by atoms with E-state index < -0.39 is 0 Å². The zero-order valence-corrected chi connectivity index (χ0v) is 10.7. The van der Waals surface area contributed by atoms with Crippen molar-refractivity contribution in [1.82, 2.24) is 0 Å². The summed E-state index contributed by atoms with van der Waals surface area (Å²) in [6, 6.07) is 4.21. The third-order valence-corrected chi connectivity index (χ3v) is 4.30. The predicted octanol–water partition coefficient (Wildman–Crippen LogP) is 2.85. The smallest absolute Gasteiger partial charge is 0.143 e. The monoisotopic (exact) mass is 238 g/mol. The number of ketones is 1. The summed E-state index contributed by atoms with van der Waals surface area (Å²) in [5, 5.41) is 0. The van der Waals surface area contributed by atoms with Gasteiger partial charge < -0.3 is 4.74 Å². The molecule has 0 aromatic carbocycles. The van der Waals surface area contributed by atoms with Gasteiger partial charge >= 0.3 is 0 Å². The molecule has 0 aliphatic carbocycles. The van der Waals surface area contributed by atoms with E-state index in [-0.39, 0.29) is 12.0 Å². The standard InChI is InChI=1S/C13H18O2S/c1-3-11-4-5-12(16-11)7-13(14)10-6-9(2)15-8-10/h4-5,9-10H,3,6-8H2,1-2H3. The Bertz CT molecular complexity index is 370. The Hall–Kier alpha value is -0.670. The summed E-state index contributed by atoms with van der Waals surface area (Å²) in [7, 11) is 0. The number of hydrogen-bond donors (Lipinski definition) is 0.